The summed E-state index contributed by atoms with van der Waals surface area (Å²) in [7, 11) is 1.60. The summed E-state index contributed by atoms with van der Waals surface area (Å²) in [5, 5.41) is 0.996. The molecule has 4 heteroatoms. The van der Waals surface area contributed by atoms with Gasteiger partial charge in [-0.3, -0.25) is 4.79 Å². The molecule has 0 saturated carbocycles. The number of hydrogen-bond acceptors (Lipinski definition) is 2. The third-order valence-electron chi connectivity index (χ3n) is 3.80. The van der Waals surface area contributed by atoms with Gasteiger partial charge >= 0.3 is 0 Å². The number of methoxy groups -OCH3 is 1. The van der Waals surface area contributed by atoms with Crippen LogP contribution >= 0.6 is 23.2 Å². The van der Waals surface area contributed by atoms with Gasteiger partial charge in [-0.1, -0.05) is 35.3 Å². The Balaban J connectivity index is 1.97. The average molecular weight is 333 g/mol. The molecule has 0 aliphatic heterocycles. The van der Waals surface area contributed by atoms with Gasteiger partial charge in [0, 0.05) is 11.1 Å². The molecule has 1 aliphatic carbocycles. The van der Waals surface area contributed by atoms with Crippen LogP contribution in [0.25, 0.3) is 6.08 Å². The molecule has 0 bridgehead atoms. The van der Waals surface area contributed by atoms with Crippen molar-refractivity contribution in [1.82, 2.24) is 0 Å². The highest BCUT2D eigenvalue weighted by Gasteiger charge is 2.22. The van der Waals surface area contributed by atoms with E-state index >= 15 is 0 Å². The van der Waals surface area contributed by atoms with Crippen LogP contribution in [0, 0.1) is 0 Å². The van der Waals surface area contributed by atoms with Crippen LogP contribution in [0.5, 0.6) is 5.75 Å². The smallest absolute Gasteiger partial charge is 0.189 e. The minimum Gasteiger partial charge on any atom is -0.497 e. The van der Waals surface area contributed by atoms with Gasteiger partial charge in [0.2, 0.25) is 0 Å². The number of fused-ring (bicyclic) bond motifs is 1. The standard InChI is InChI=1S/C18H14Cl2O2/c1-22-14-6-5-12-3-4-13(18(21)15(12)10-14)8-11-2-7-16(19)17(20)9-11/h2,5-10H,3-4H2,1H3/b13-8-. The second kappa shape index (κ2) is 6.15. The van der Waals surface area contributed by atoms with Crippen LogP contribution in [-0.2, 0) is 6.42 Å². The molecule has 0 atom stereocenters. The zero-order valence-electron chi connectivity index (χ0n) is 12.0. The Morgan fingerprint density at radius 1 is 1.05 bits per heavy atom. The second-order valence-corrected chi connectivity index (χ2v) is 6.01. The van der Waals surface area contributed by atoms with Gasteiger partial charge < -0.3 is 4.74 Å². The maximum atomic E-state index is 12.7. The molecule has 112 valence electrons. The van der Waals surface area contributed by atoms with Gasteiger partial charge in [-0.05, 0) is 54.3 Å². The first kappa shape index (κ1) is 15.1. The molecule has 3 rings (SSSR count). The monoisotopic (exact) mass is 332 g/mol. The molecular formula is C18H14Cl2O2. The summed E-state index contributed by atoms with van der Waals surface area (Å²) in [5.74, 6) is 0.745. The summed E-state index contributed by atoms with van der Waals surface area (Å²) in [5.41, 5.74) is 3.44. The number of carbonyl (C=O) groups excluding carboxylic acids is 1. The van der Waals surface area contributed by atoms with Crippen molar-refractivity contribution >= 4 is 35.1 Å². The van der Waals surface area contributed by atoms with Gasteiger partial charge in [-0.15, -0.1) is 0 Å². The number of rotatable bonds is 2. The van der Waals surface area contributed by atoms with Crippen LogP contribution in [-0.4, -0.2) is 12.9 Å². The first-order valence-corrected chi connectivity index (χ1v) is 7.71. The molecule has 2 aromatic rings. The summed E-state index contributed by atoms with van der Waals surface area (Å²) in [6.45, 7) is 0. The molecule has 0 unspecified atom stereocenters. The van der Waals surface area contributed by atoms with Crippen molar-refractivity contribution in [2.75, 3.05) is 7.11 Å². The Morgan fingerprint density at radius 3 is 2.59 bits per heavy atom. The number of carbonyl (C=O) groups is 1. The van der Waals surface area contributed by atoms with Crippen molar-refractivity contribution in [1.29, 1.82) is 0 Å². The third-order valence-corrected chi connectivity index (χ3v) is 4.54. The molecule has 0 fully saturated rings. The van der Waals surface area contributed by atoms with Gasteiger partial charge in [0.15, 0.2) is 5.78 Å². The Labute approximate surface area is 139 Å². The summed E-state index contributed by atoms with van der Waals surface area (Å²) < 4.78 is 5.21. The number of ketones is 1. The SMILES string of the molecule is COc1ccc2c(c1)C(=O)/C(=C\c1ccc(Cl)c(Cl)c1)CC2. The molecule has 0 radical (unpaired) electrons. The number of hydrogen-bond donors (Lipinski definition) is 0. The van der Waals surface area contributed by atoms with Crippen LogP contribution in [0.3, 0.4) is 0 Å². The lowest BCUT2D eigenvalue weighted by Gasteiger charge is -2.18. The molecule has 1 aliphatic rings. The van der Waals surface area contributed by atoms with E-state index in [-0.39, 0.29) is 5.78 Å². The van der Waals surface area contributed by atoms with E-state index < -0.39 is 0 Å². The van der Waals surface area contributed by atoms with Gasteiger partial charge in [0.1, 0.15) is 5.75 Å². The lowest BCUT2D eigenvalue weighted by molar-refractivity contribution is 0.102. The Morgan fingerprint density at radius 2 is 1.86 bits per heavy atom. The number of ether oxygens (including phenoxy) is 1. The van der Waals surface area contributed by atoms with E-state index in [1.165, 1.54) is 0 Å². The third kappa shape index (κ3) is 2.90. The van der Waals surface area contributed by atoms with Crippen molar-refractivity contribution < 1.29 is 9.53 Å². The van der Waals surface area contributed by atoms with E-state index in [9.17, 15) is 4.79 Å². The quantitative estimate of drug-likeness (QED) is 0.705. The number of Topliss-reactive ketones (excluding diaryl/α,β-unsaturated/α-hetero) is 1. The number of halogens is 2. The highest BCUT2D eigenvalue weighted by atomic mass is 35.5. The second-order valence-electron chi connectivity index (χ2n) is 5.20. The predicted octanol–water partition coefficient (Wildman–Crippen LogP) is 5.21. The molecule has 0 N–H and O–H groups in total. The van der Waals surface area contributed by atoms with Gasteiger partial charge in [-0.25, -0.2) is 0 Å². The number of benzene rings is 2. The van der Waals surface area contributed by atoms with E-state index in [4.69, 9.17) is 27.9 Å². The van der Waals surface area contributed by atoms with Crippen LogP contribution in [0.1, 0.15) is 27.9 Å². The van der Waals surface area contributed by atoms with E-state index in [1.807, 2.05) is 24.3 Å². The summed E-state index contributed by atoms with van der Waals surface area (Å²) in [4.78, 5) is 12.7. The fourth-order valence-corrected chi connectivity index (χ4v) is 2.92. The Bertz CT molecular complexity index is 779. The van der Waals surface area contributed by atoms with Crippen molar-refractivity contribution in [3.63, 3.8) is 0 Å². The lowest BCUT2D eigenvalue weighted by atomic mass is 9.86. The van der Waals surface area contributed by atoms with Crippen molar-refractivity contribution in [2.24, 2.45) is 0 Å². The number of aryl methyl sites for hydroxylation is 1. The summed E-state index contributed by atoms with van der Waals surface area (Å²) >= 11 is 11.9. The topological polar surface area (TPSA) is 26.3 Å². The van der Waals surface area contributed by atoms with Crippen molar-refractivity contribution in [3.05, 3.63) is 68.7 Å². The molecule has 2 aromatic carbocycles. The Hall–Kier alpha value is -1.77. The molecule has 22 heavy (non-hydrogen) atoms. The molecule has 0 amide bonds. The van der Waals surface area contributed by atoms with Gasteiger partial charge in [0.25, 0.3) is 0 Å². The maximum absolute atomic E-state index is 12.7. The largest absolute Gasteiger partial charge is 0.497 e. The van der Waals surface area contributed by atoms with Crippen LogP contribution in [0.2, 0.25) is 10.0 Å². The first-order chi connectivity index (χ1) is 10.6. The highest BCUT2D eigenvalue weighted by molar-refractivity contribution is 6.42. The normalized spacial score (nSPS) is 15.8. The van der Waals surface area contributed by atoms with Crippen LogP contribution < -0.4 is 4.74 Å². The lowest BCUT2D eigenvalue weighted by Crippen LogP contribution is -2.14. The van der Waals surface area contributed by atoms with Gasteiger partial charge in [0.05, 0.1) is 17.2 Å². The minimum atomic E-state index is 0.0474. The minimum absolute atomic E-state index is 0.0474. The zero-order valence-corrected chi connectivity index (χ0v) is 13.5. The summed E-state index contributed by atoms with van der Waals surface area (Å²) in [6.07, 6.45) is 3.45. The fraction of sp³-hybridized carbons (Fsp3) is 0.167. The highest BCUT2D eigenvalue weighted by Crippen LogP contribution is 2.30. The molecule has 2 nitrogen and oxygen atoms in total. The Kier molecular flexibility index (Phi) is 4.23. The van der Waals surface area contributed by atoms with E-state index in [2.05, 4.69) is 0 Å². The first-order valence-electron chi connectivity index (χ1n) is 6.95. The van der Waals surface area contributed by atoms with Crippen molar-refractivity contribution in [2.45, 2.75) is 12.8 Å². The zero-order chi connectivity index (χ0) is 15.7. The maximum Gasteiger partial charge on any atom is 0.189 e. The molecule has 0 spiro atoms. The fourth-order valence-electron chi connectivity index (χ4n) is 2.61. The predicted molar refractivity (Wildman–Crippen MR) is 90.1 cm³/mol. The van der Waals surface area contributed by atoms with Crippen LogP contribution in [0.4, 0.5) is 0 Å². The van der Waals surface area contributed by atoms with E-state index in [0.29, 0.717) is 15.8 Å². The summed E-state index contributed by atoms with van der Waals surface area (Å²) in [6, 6.07) is 11.0. The van der Waals surface area contributed by atoms with Crippen LogP contribution in [0.15, 0.2) is 42.0 Å². The molecular weight excluding hydrogens is 319 g/mol. The van der Waals surface area contributed by atoms with Crippen molar-refractivity contribution in [3.8, 4) is 5.75 Å². The molecule has 0 heterocycles. The van der Waals surface area contributed by atoms with E-state index in [1.54, 1.807) is 25.3 Å². The average Bonchev–Trinajstić information content (AvgIpc) is 2.53. The van der Waals surface area contributed by atoms with E-state index in [0.717, 1.165) is 35.1 Å². The molecule has 0 aromatic heterocycles. The molecule has 0 saturated heterocycles. The number of allylic oxidation sites excluding steroid dienone is 1. The van der Waals surface area contributed by atoms with Gasteiger partial charge in [-0.2, -0.15) is 0 Å².